The Morgan fingerprint density at radius 1 is 0.968 bits per heavy atom. The van der Waals surface area contributed by atoms with Crippen LogP contribution in [0.15, 0.2) is 41.3 Å². The van der Waals surface area contributed by atoms with Crippen molar-refractivity contribution in [3.05, 3.63) is 47.5 Å². The predicted molar refractivity (Wildman–Crippen MR) is 116 cm³/mol. The first-order chi connectivity index (χ1) is 14.8. The molecule has 1 aliphatic heterocycles. The van der Waals surface area contributed by atoms with E-state index in [-0.39, 0.29) is 10.5 Å². The fraction of sp³-hybridized carbons (Fsp3) is 0.381. The van der Waals surface area contributed by atoms with E-state index in [1.807, 2.05) is 23.1 Å². The van der Waals surface area contributed by atoms with E-state index in [2.05, 4.69) is 4.90 Å². The first-order valence-electron chi connectivity index (χ1n) is 9.70. The highest BCUT2D eigenvalue weighted by Gasteiger charge is 2.24. The highest BCUT2D eigenvalue weighted by Crippen LogP contribution is 2.29. The van der Waals surface area contributed by atoms with Crippen LogP contribution in [0.1, 0.15) is 15.9 Å². The van der Waals surface area contributed by atoms with E-state index in [4.69, 9.17) is 19.3 Å². The van der Waals surface area contributed by atoms with Gasteiger partial charge < -0.3 is 19.1 Å². The lowest BCUT2D eigenvalue weighted by atomic mass is 10.1. The molecular weight excluding hydrogens is 422 g/mol. The third-order valence-corrected chi connectivity index (χ3v) is 6.18. The number of methoxy groups -OCH3 is 3. The van der Waals surface area contributed by atoms with Crippen molar-refractivity contribution in [2.75, 3.05) is 52.4 Å². The van der Waals surface area contributed by atoms with Crippen LogP contribution < -0.4 is 19.5 Å². The average molecular weight is 450 g/mol. The predicted octanol–water partition coefficient (Wildman–Crippen LogP) is 1.46. The quantitative estimate of drug-likeness (QED) is 0.633. The smallest absolute Gasteiger partial charge is 0.340 e. The lowest BCUT2D eigenvalue weighted by Gasteiger charge is -2.36. The molecule has 2 aromatic carbocycles. The molecule has 3 rings (SSSR count). The molecule has 0 atom stereocenters. The Morgan fingerprint density at radius 3 is 2.23 bits per heavy atom. The first-order valence-corrected chi connectivity index (χ1v) is 11.2. The SMILES string of the molecule is COC(=O)c1cc(S(N)(=O)=O)ccc1N1CCN(Cc2ccc(OC)c(OC)c2)CC1. The molecular formula is C21H27N3O6S. The van der Waals surface area contributed by atoms with Gasteiger partial charge >= 0.3 is 5.97 Å². The number of nitrogens with two attached hydrogens (primary N) is 1. The third kappa shape index (κ3) is 5.27. The second kappa shape index (κ2) is 9.54. The Morgan fingerprint density at radius 2 is 1.65 bits per heavy atom. The third-order valence-electron chi connectivity index (χ3n) is 5.27. The Bertz CT molecular complexity index is 1050. The van der Waals surface area contributed by atoms with Gasteiger partial charge in [0, 0.05) is 32.7 Å². The number of piperazine rings is 1. The number of rotatable bonds is 7. The van der Waals surface area contributed by atoms with E-state index in [0.29, 0.717) is 30.3 Å². The van der Waals surface area contributed by atoms with Crippen molar-refractivity contribution in [3.63, 3.8) is 0 Å². The summed E-state index contributed by atoms with van der Waals surface area (Å²) in [5.74, 6) is 0.777. The Kier molecular flexibility index (Phi) is 7.04. The molecule has 1 heterocycles. The molecule has 0 bridgehead atoms. The lowest BCUT2D eigenvalue weighted by Crippen LogP contribution is -2.46. The maximum Gasteiger partial charge on any atom is 0.340 e. The number of nitrogens with zero attached hydrogens (tertiary/aromatic N) is 2. The number of hydrogen-bond donors (Lipinski definition) is 1. The second-order valence-electron chi connectivity index (χ2n) is 7.17. The molecule has 10 heteroatoms. The molecule has 0 amide bonds. The van der Waals surface area contributed by atoms with Crippen LogP contribution in [0.4, 0.5) is 5.69 Å². The van der Waals surface area contributed by atoms with Gasteiger partial charge in [-0.05, 0) is 35.9 Å². The minimum absolute atomic E-state index is 0.122. The first kappa shape index (κ1) is 22.9. The van der Waals surface area contributed by atoms with Crippen LogP contribution in [0.25, 0.3) is 0 Å². The molecule has 0 unspecified atom stereocenters. The van der Waals surface area contributed by atoms with Gasteiger partial charge in [-0.1, -0.05) is 6.07 Å². The van der Waals surface area contributed by atoms with E-state index in [0.717, 1.165) is 25.2 Å². The van der Waals surface area contributed by atoms with Gasteiger partial charge in [-0.15, -0.1) is 0 Å². The molecule has 0 aromatic heterocycles. The Hall–Kier alpha value is -2.82. The largest absolute Gasteiger partial charge is 0.493 e. The van der Waals surface area contributed by atoms with Crippen LogP contribution >= 0.6 is 0 Å². The fourth-order valence-corrected chi connectivity index (χ4v) is 4.17. The van der Waals surface area contributed by atoms with Crippen LogP contribution in [0, 0.1) is 0 Å². The average Bonchev–Trinajstić information content (AvgIpc) is 2.78. The minimum Gasteiger partial charge on any atom is -0.493 e. The summed E-state index contributed by atoms with van der Waals surface area (Å²) in [4.78, 5) is 16.5. The number of benzene rings is 2. The summed E-state index contributed by atoms with van der Waals surface area (Å²) in [5.41, 5.74) is 1.92. The van der Waals surface area contributed by atoms with Crippen LogP contribution in [-0.4, -0.2) is 66.8 Å². The van der Waals surface area contributed by atoms with Crippen molar-refractivity contribution in [2.24, 2.45) is 5.14 Å². The molecule has 0 spiro atoms. The summed E-state index contributed by atoms with van der Waals surface area (Å²) in [7, 11) is 0.556. The maximum absolute atomic E-state index is 12.3. The van der Waals surface area contributed by atoms with Crippen molar-refractivity contribution in [2.45, 2.75) is 11.4 Å². The van der Waals surface area contributed by atoms with Gasteiger partial charge in [-0.3, -0.25) is 4.90 Å². The van der Waals surface area contributed by atoms with Crippen LogP contribution in [-0.2, 0) is 21.3 Å². The molecule has 2 N–H and O–H groups in total. The number of sulfonamides is 1. The van der Waals surface area contributed by atoms with Gasteiger partial charge in [-0.25, -0.2) is 18.4 Å². The van der Waals surface area contributed by atoms with Crippen molar-refractivity contribution < 1.29 is 27.4 Å². The van der Waals surface area contributed by atoms with Crippen molar-refractivity contribution in [3.8, 4) is 11.5 Å². The zero-order valence-corrected chi connectivity index (χ0v) is 18.6. The number of carbonyl (C=O) groups excluding carboxylic acids is 1. The van der Waals surface area contributed by atoms with Crippen molar-refractivity contribution in [1.29, 1.82) is 0 Å². The van der Waals surface area contributed by atoms with Gasteiger partial charge in [0.1, 0.15) is 0 Å². The molecule has 168 valence electrons. The van der Waals surface area contributed by atoms with Crippen LogP contribution in [0.2, 0.25) is 0 Å². The molecule has 31 heavy (non-hydrogen) atoms. The van der Waals surface area contributed by atoms with Gasteiger partial charge in [0.15, 0.2) is 11.5 Å². The maximum atomic E-state index is 12.3. The Labute approximate surface area is 182 Å². The van der Waals surface area contributed by atoms with Crippen LogP contribution in [0.3, 0.4) is 0 Å². The number of primary sulfonamides is 1. The van der Waals surface area contributed by atoms with Crippen molar-refractivity contribution >= 4 is 21.7 Å². The van der Waals surface area contributed by atoms with Crippen LogP contribution in [0.5, 0.6) is 11.5 Å². The summed E-state index contributed by atoms with van der Waals surface area (Å²) in [5, 5.41) is 5.21. The molecule has 1 saturated heterocycles. The molecule has 2 aromatic rings. The lowest BCUT2D eigenvalue weighted by molar-refractivity contribution is 0.0601. The molecule has 0 aliphatic carbocycles. The van der Waals surface area contributed by atoms with E-state index >= 15 is 0 Å². The Balaban J connectivity index is 1.73. The topological polar surface area (TPSA) is 111 Å². The fourth-order valence-electron chi connectivity index (χ4n) is 3.63. The highest BCUT2D eigenvalue weighted by atomic mass is 32.2. The zero-order chi connectivity index (χ0) is 22.6. The number of carbonyl (C=O) groups is 1. The van der Waals surface area contributed by atoms with E-state index < -0.39 is 16.0 Å². The zero-order valence-electron chi connectivity index (χ0n) is 17.8. The normalized spacial score (nSPS) is 14.9. The molecule has 1 fully saturated rings. The summed E-state index contributed by atoms with van der Waals surface area (Å²) in [6.07, 6.45) is 0. The second-order valence-corrected chi connectivity index (χ2v) is 8.73. The number of esters is 1. The summed E-state index contributed by atoms with van der Waals surface area (Å²) in [6, 6.07) is 10.2. The molecule has 0 radical (unpaired) electrons. The van der Waals surface area contributed by atoms with E-state index in [9.17, 15) is 13.2 Å². The molecule has 0 saturated carbocycles. The summed E-state index contributed by atoms with van der Waals surface area (Å²) >= 11 is 0. The molecule has 9 nitrogen and oxygen atoms in total. The molecule has 1 aliphatic rings. The highest BCUT2D eigenvalue weighted by molar-refractivity contribution is 7.89. The summed E-state index contributed by atoms with van der Waals surface area (Å²) in [6.45, 7) is 3.64. The van der Waals surface area contributed by atoms with Gasteiger partial charge in [0.05, 0.1) is 37.5 Å². The number of anilines is 1. The number of hydrogen-bond acceptors (Lipinski definition) is 8. The standard InChI is InChI=1S/C21H27N3O6S/c1-28-19-7-4-15(12-20(19)29-2)14-23-8-10-24(11-9-23)18-6-5-16(31(22,26)27)13-17(18)21(25)30-3/h4-7,12-13H,8-11,14H2,1-3H3,(H2,22,26,27). The summed E-state index contributed by atoms with van der Waals surface area (Å²) < 4.78 is 38.9. The van der Waals surface area contributed by atoms with Gasteiger partial charge in [0.2, 0.25) is 10.0 Å². The van der Waals surface area contributed by atoms with Gasteiger partial charge in [0.25, 0.3) is 0 Å². The van der Waals surface area contributed by atoms with Gasteiger partial charge in [-0.2, -0.15) is 0 Å². The number of ether oxygens (including phenoxy) is 3. The van der Waals surface area contributed by atoms with E-state index in [1.165, 1.54) is 19.2 Å². The minimum atomic E-state index is -3.92. The van der Waals surface area contributed by atoms with E-state index in [1.54, 1.807) is 20.3 Å². The monoisotopic (exact) mass is 449 g/mol. The van der Waals surface area contributed by atoms with Crippen molar-refractivity contribution in [1.82, 2.24) is 4.90 Å².